The highest BCUT2D eigenvalue weighted by molar-refractivity contribution is 5.44. The summed E-state index contributed by atoms with van der Waals surface area (Å²) in [6, 6.07) is 11.3. The van der Waals surface area contributed by atoms with Crippen molar-refractivity contribution in [3.63, 3.8) is 0 Å². The third-order valence-corrected chi connectivity index (χ3v) is 3.23. The number of tetrazole rings is 1. The molecule has 0 aliphatic rings. The summed E-state index contributed by atoms with van der Waals surface area (Å²) in [6.45, 7) is 1.13. The van der Waals surface area contributed by atoms with Crippen LogP contribution in [-0.2, 0) is 13.1 Å². The van der Waals surface area contributed by atoms with E-state index < -0.39 is 0 Å². The van der Waals surface area contributed by atoms with Crippen molar-refractivity contribution >= 4 is 11.5 Å². The van der Waals surface area contributed by atoms with Crippen molar-refractivity contribution in [3.05, 3.63) is 60.4 Å². The molecule has 22 heavy (non-hydrogen) atoms. The fraction of sp³-hybridized carbons (Fsp3) is 0.143. The van der Waals surface area contributed by atoms with Crippen LogP contribution in [0.5, 0.6) is 0 Å². The maximum absolute atomic E-state index is 5.43. The molecule has 4 aromatic heterocycles. The number of furan rings is 2. The predicted molar refractivity (Wildman–Crippen MR) is 75.9 cm³/mol. The second kappa shape index (κ2) is 5.32. The van der Waals surface area contributed by atoms with E-state index in [0.29, 0.717) is 18.7 Å². The van der Waals surface area contributed by atoms with E-state index in [2.05, 4.69) is 20.6 Å². The lowest BCUT2D eigenvalue weighted by molar-refractivity contribution is 0.474. The summed E-state index contributed by atoms with van der Waals surface area (Å²) in [5.41, 5.74) is 0.597. The molecule has 4 aromatic rings. The first kappa shape index (κ1) is 12.6. The second-order valence-corrected chi connectivity index (χ2v) is 4.73. The minimum absolute atomic E-state index is 0.564. The van der Waals surface area contributed by atoms with Crippen molar-refractivity contribution in [2.24, 2.45) is 0 Å². The Kier molecular flexibility index (Phi) is 3.04. The summed E-state index contributed by atoms with van der Waals surface area (Å²) >= 11 is 0. The van der Waals surface area contributed by atoms with Crippen LogP contribution in [0.3, 0.4) is 0 Å². The molecule has 4 heterocycles. The van der Waals surface area contributed by atoms with Crippen LogP contribution in [0.1, 0.15) is 11.5 Å². The van der Waals surface area contributed by atoms with Gasteiger partial charge in [0.2, 0.25) is 0 Å². The van der Waals surface area contributed by atoms with Crippen LogP contribution in [0.15, 0.2) is 57.8 Å². The Morgan fingerprint density at radius 1 is 0.955 bits per heavy atom. The largest absolute Gasteiger partial charge is 0.467 e. The van der Waals surface area contributed by atoms with Crippen molar-refractivity contribution in [1.29, 1.82) is 0 Å². The van der Waals surface area contributed by atoms with Crippen LogP contribution in [0.25, 0.3) is 5.65 Å². The van der Waals surface area contributed by atoms with Crippen LogP contribution in [0.2, 0.25) is 0 Å². The number of aromatic nitrogens is 5. The van der Waals surface area contributed by atoms with Crippen LogP contribution < -0.4 is 4.90 Å². The molecule has 0 unspecified atom stereocenters. The van der Waals surface area contributed by atoms with E-state index in [1.54, 1.807) is 12.5 Å². The van der Waals surface area contributed by atoms with Gasteiger partial charge < -0.3 is 13.7 Å². The summed E-state index contributed by atoms with van der Waals surface area (Å²) in [5, 5.41) is 15.7. The van der Waals surface area contributed by atoms with Gasteiger partial charge in [-0.15, -0.1) is 14.8 Å². The van der Waals surface area contributed by atoms with Crippen LogP contribution in [-0.4, -0.2) is 25.3 Å². The first-order valence-corrected chi connectivity index (χ1v) is 6.74. The number of hydrogen-bond donors (Lipinski definition) is 0. The fourth-order valence-electron chi connectivity index (χ4n) is 2.21. The lowest BCUT2D eigenvalue weighted by Gasteiger charge is -2.21. The van der Waals surface area contributed by atoms with E-state index in [-0.39, 0.29) is 0 Å². The van der Waals surface area contributed by atoms with Crippen molar-refractivity contribution < 1.29 is 8.83 Å². The lowest BCUT2D eigenvalue weighted by atomic mass is 10.3. The van der Waals surface area contributed by atoms with Gasteiger partial charge in [0.1, 0.15) is 11.5 Å². The summed E-state index contributed by atoms with van der Waals surface area (Å²) in [4.78, 5) is 2.03. The molecule has 0 saturated heterocycles. The highest BCUT2D eigenvalue weighted by atomic mass is 16.3. The smallest absolute Gasteiger partial charge is 0.200 e. The van der Waals surface area contributed by atoms with E-state index in [4.69, 9.17) is 8.83 Å². The Hall–Kier alpha value is -3.16. The van der Waals surface area contributed by atoms with E-state index in [9.17, 15) is 0 Å². The summed E-state index contributed by atoms with van der Waals surface area (Å²) in [5.74, 6) is 2.41. The van der Waals surface area contributed by atoms with Crippen LogP contribution >= 0.6 is 0 Å². The summed E-state index contributed by atoms with van der Waals surface area (Å²) in [7, 11) is 0. The van der Waals surface area contributed by atoms with Gasteiger partial charge in [0, 0.05) is 0 Å². The van der Waals surface area contributed by atoms with Gasteiger partial charge in [-0.25, -0.2) is 0 Å². The Labute approximate surface area is 124 Å². The molecule has 4 rings (SSSR count). The average Bonchev–Trinajstić information content (AvgIpc) is 3.28. The van der Waals surface area contributed by atoms with E-state index in [1.165, 1.54) is 4.63 Å². The van der Waals surface area contributed by atoms with Gasteiger partial charge in [-0.2, -0.15) is 0 Å². The first-order valence-electron chi connectivity index (χ1n) is 6.74. The van der Waals surface area contributed by atoms with Gasteiger partial charge in [-0.3, -0.25) is 0 Å². The maximum Gasteiger partial charge on any atom is 0.200 e. The molecule has 0 fully saturated rings. The molecule has 0 bridgehead atoms. The molecular weight excluding hydrogens is 284 g/mol. The Morgan fingerprint density at radius 2 is 1.68 bits per heavy atom. The molecule has 0 aromatic carbocycles. The topological polar surface area (TPSA) is 85.5 Å². The highest BCUT2D eigenvalue weighted by Gasteiger charge is 2.14. The monoisotopic (exact) mass is 296 g/mol. The summed E-state index contributed by atoms with van der Waals surface area (Å²) in [6.07, 6.45) is 3.30. The Bertz CT molecular complexity index is 816. The van der Waals surface area contributed by atoms with E-state index in [0.717, 1.165) is 17.3 Å². The molecular formula is C14H12N6O2. The number of hydrogen-bond acceptors (Lipinski definition) is 7. The second-order valence-electron chi connectivity index (χ2n) is 4.73. The van der Waals surface area contributed by atoms with Gasteiger partial charge in [-0.1, -0.05) is 0 Å². The van der Waals surface area contributed by atoms with Gasteiger partial charge in [0.25, 0.3) is 0 Å². The zero-order valence-electron chi connectivity index (χ0n) is 11.5. The Morgan fingerprint density at radius 3 is 2.32 bits per heavy atom. The van der Waals surface area contributed by atoms with Gasteiger partial charge in [-0.05, 0) is 46.8 Å². The number of fused-ring (bicyclic) bond motifs is 1. The van der Waals surface area contributed by atoms with E-state index >= 15 is 0 Å². The lowest BCUT2D eigenvalue weighted by Crippen LogP contribution is -2.23. The molecule has 0 saturated carbocycles. The highest BCUT2D eigenvalue weighted by Crippen LogP contribution is 2.18. The van der Waals surface area contributed by atoms with Crippen molar-refractivity contribution in [3.8, 4) is 0 Å². The molecule has 0 N–H and O–H groups in total. The SMILES string of the molecule is c1coc(CN(Cc2ccco2)c2ccc3nnnn3n2)c1. The standard InChI is InChI=1S/C14H12N6O2/c1-3-11(21-7-1)9-19(10-12-4-2-8-22-12)14-6-5-13-15-17-18-20(13)16-14/h1-8H,9-10H2. The minimum Gasteiger partial charge on any atom is -0.467 e. The molecule has 8 heteroatoms. The van der Waals surface area contributed by atoms with Crippen LogP contribution in [0.4, 0.5) is 5.82 Å². The zero-order chi connectivity index (χ0) is 14.8. The molecule has 0 spiro atoms. The fourth-order valence-corrected chi connectivity index (χ4v) is 2.21. The summed E-state index contributed by atoms with van der Waals surface area (Å²) < 4.78 is 12.3. The molecule has 8 nitrogen and oxygen atoms in total. The van der Waals surface area contributed by atoms with E-state index in [1.807, 2.05) is 41.3 Å². The molecule has 0 aliphatic heterocycles. The van der Waals surface area contributed by atoms with Gasteiger partial charge in [0.15, 0.2) is 11.5 Å². The molecule has 0 aliphatic carbocycles. The number of nitrogens with zero attached hydrogens (tertiary/aromatic N) is 6. The number of rotatable bonds is 5. The van der Waals surface area contributed by atoms with Crippen molar-refractivity contribution in [2.45, 2.75) is 13.1 Å². The first-order chi connectivity index (χ1) is 10.9. The molecule has 110 valence electrons. The normalized spacial score (nSPS) is 11.1. The molecule has 0 amide bonds. The predicted octanol–water partition coefficient (Wildman–Crippen LogP) is 1.91. The third kappa shape index (κ3) is 2.41. The van der Waals surface area contributed by atoms with Gasteiger partial charge >= 0.3 is 0 Å². The van der Waals surface area contributed by atoms with Crippen molar-refractivity contribution in [2.75, 3.05) is 4.90 Å². The quantitative estimate of drug-likeness (QED) is 0.556. The van der Waals surface area contributed by atoms with Crippen LogP contribution in [0, 0.1) is 0 Å². The maximum atomic E-state index is 5.43. The molecule has 0 atom stereocenters. The zero-order valence-corrected chi connectivity index (χ0v) is 11.5. The van der Waals surface area contributed by atoms with Gasteiger partial charge in [0.05, 0.1) is 25.6 Å². The average molecular weight is 296 g/mol. The Balaban J connectivity index is 1.68. The number of anilines is 1. The van der Waals surface area contributed by atoms with Crippen molar-refractivity contribution in [1.82, 2.24) is 25.3 Å². The molecule has 0 radical (unpaired) electrons. The third-order valence-electron chi connectivity index (χ3n) is 3.23. The minimum atomic E-state index is 0.564.